The molecule has 0 saturated heterocycles. The number of hydrogen-bond acceptors (Lipinski definition) is 3. The Morgan fingerprint density at radius 1 is 1.30 bits per heavy atom. The molecule has 0 unspecified atom stereocenters. The van der Waals surface area contributed by atoms with Crippen molar-refractivity contribution in [3.8, 4) is 5.75 Å². The van der Waals surface area contributed by atoms with Gasteiger partial charge in [0.05, 0.1) is 5.02 Å². The van der Waals surface area contributed by atoms with E-state index in [0.717, 1.165) is 24.3 Å². The summed E-state index contributed by atoms with van der Waals surface area (Å²) in [6.07, 6.45) is 2.76. The third-order valence-corrected chi connectivity index (χ3v) is 2.98. The summed E-state index contributed by atoms with van der Waals surface area (Å²) in [6, 6.07) is 8.18. The zero-order valence-electron chi connectivity index (χ0n) is 11.2. The molecule has 2 rings (SSSR count). The second-order valence-electron chi connectivity index (χ2n) is 4.34. The zero-order valence-corrected chi connectivity index (χ0v) is 12.0. The standard InChI is InChI=1S/C15H16ClFN2O/c1-2-6-18-15-8-11(5-7-19-15)10-20-12-3-4-13(16)14(17)9-12/h3-5,7-9H,2,6,10H2,1H3,(H,18,19). The van der Waals surface area contributed by atoms with Gasteiger partial charge in [-0.3, -0.25) is 0 Å². The molecule has 1 aromatic heterocycles. The van der Waals surface area contributed by atoms with Crippen LogP contribution >= 0.6 is 11.6 Å². The van der Waals surface area contributed by atoms with E-state index >= 15 is 0 Å². The van der Waals surface area contributed by atoms with E-state index < -0.39 is 5.82 Å². The Morgan fingerprint density at radius 3 is 2.90 bits per heavy atom. The van der Waals surface area contributed by atoms with Crippen LogP contribution in [0.25, 0.3) is 0 Å². The fraction of sp³-hybridized carbons (Fsp3) is 0.267. The van der Waals surface area contributed by atoms with Gasteiger partial charge in [0, 0.05) is 18.8 Å². The number of rotatable bonds is 6. The van der Waals surface area contributed by atoms with Crippen molar-refractivity contribution < 1.29 is 9.13 Å². The quantitative estimate of drug-likeness (QED) is 0.863. The number of benzene rings is 1. The van der Waals surface area contributed by atoms with Crippen molar-refractivity contribution in [3.05, 3.63) is 52.9 Å². The summed E-state index contributed by atoms with van der Waals surface area (Å²) in [6.45, 7) is 3.32. The summed E-state index contributed by atoms with van der Waals surface area (Å²) in [5.41, 5.74) is 0.967. The van der Waals surface area contributed by atoms with Gasteiger partial charge in [-0.2, -0.15) is 0 Å². The van der Waals surface area contributed by atoms with E-state index in [4.69, 9.17) is 16.3 Å². The van der Waals surface area contributed by atoms with Gasteiger partial charge in [-0.25, -0.2) is 9.37 Å². The number of nitrogens with one attached hydrogen (secondary N) is 1. The maximum absolute atomic E-state index is 13.3. The summed E-state index contributed by atoms with van der Waals surface area (Å²) in [5.74, 6) is 0.784. The molecule has 5 heteroatoms. The average molecular weight is 295 g/mol. The Balaban J connectivity index is 1.97. The molecule has 106 valence electrons. The highest BCUT2D eigenvalue weighted by molar-refractivity contribution is 6.30. The molecule has 2 aromatic rings. The predicted molar refractivity (Wildman–Crippen MR) is 78.8 cm³/mol. The topological polar surface area (TPSA) is 34.1 Å². The minimum absolute atomic E-state index is 0.0901. The second kappa shape index (κ2) is 7.10. The van der Waals surface area contributed by atoms with Crippen LogP contribution in [-0.4, -0.2) is 11.5 Å². The number of anilines is 1. The second-order valence-corrected chi connectivity index (χ2v) is 4.75. The number of halogens is 2. The molecule has 20 heavy (non-hydrogen) atoms. The SMILES string of the molecule is CCCNc1cc(COc2ccc(Cl)c(F)c2)ccn1. The van der Waals surface area contributed by atoms with E-state index in [-0.39, 0.29) is 5.02 Å². The molecule has 3 nitrogen and oxygen atoms in total. The third-order valence-electron chi connectivity index (χ3n) is 2.68. The van der Waals surface area contributed by atoms with Crippen LogP contribution in [0, 0.1) is 5.82 Å². The fourth-order valence-corrected chi connectivity index (χ4v) is 1.76. The summed E-state index contributed by atoms with van der Waals surface area (Å²) in [5, 5.41) is 3.30. The molecule has 0 aliphatic carbocycles. The van der Waals surface area contributed by atoms with E-state index in [1.807, 2.05) is 12.1 Å². The Kier molecular flexibility index (Phi) is 5.18. The van der Waals surface area contributed by atoms with Gasteiger partial charge in [0.15, 0.2) is 0 Å². The molecule has 0 bridgehead atoms. The number of pyridine rings is 1. The van der Waals surface area contributed by atoms with Gasteiger partial charge in [0.2, 0.25) is 0 Å². The highest BCUT2D eigenvalue weighted by Crippen LogP contribution is 2.21. The third kappa shape index (κ3) is 4.10. The molecule has 0 spiro atoms. The first-order valence-corrected chi connectivity index (χ1v) is 6.83. The van der Waals surface area contributed by atoms with Crippen molar-refractivity contribution in [2.75, 3.05) is 11.9 Å². The van der Waals surface area contributed by atoms with Gasteiger partial charge in [0.1, 0.15) is 24.0 Å². The van der Waals surface area contributed by atoms with Gasteiger partial charge in [-0.1, -0.05) is 18.5 Å². The van der Waals surface area contributed by atoms with E-state index in [1.54, 1.807) is 12.3 Å². The van der Waals surface area contributed by atoms with Gasteiger partial charge in [-0.15, -0.1) is 0 Å². The van der Waals surface area contributed by atoms with Gasteiger partial charge >= 0.3 is 0 Å². The van der Waals surface area contributed by atoms with Crippen molar-refractivity contribution >= 4 is 17.4 Å². The van der Waals surface area contributed by atoms with Crippen LogP contribution < -0.4 is 10.1 Å². The van der Waals surface area contributed by atoms with Crippen LogP contribution in [0.3, 0.4) is 0 Å². The minimum Gasteiger partial charge on any atom is -0.489 e. The lowest BCUT2D eigenvalue weighted by Gasteiger charge is -2.09. The van der Waals surface area contributed by atoms with Crippen LogP contribution in [0.4, 0.5) is 10.2 Å². The highest BCUT2D eigenvalue weighted by atomic mass is 35.5. The predicted octanol–water partition coefficient (Wildman–Crippen LogP) is 4.28. The van der Waals surface area contributed by atoms with E-state index in [0.29, 0.717) is 12.4 Å². The largest absolute Gasteiger partial charge is 0.489 e. The van der Waals surface area contributed by atoms with E-state index in [9.17, 15) is 4.39 Å². The molecular formula is C15H16ClFN2O. The van der Waals surface area contributed by atoms with Crippen molar-refractivity contribution in [3.63, 3.8) is 0 Å². The first-order chi connectivity index (χ1) is 9.69. The Hall–Kier alpha value is -1.81. The lowest BCUT2D eigenvalue weighted by atomic mass is 10.2. The Labute approximate surface area is 122 Å². The first kappa shape index (κ1) is 14.6. The fourth-order valence-electron chi connectivity index (χ4n) is 1.65. The number of hydrogen-bond donors (Lipinski definition) is 1. The van der Waals surface area contributed by atoms with Crippen molar-refractivity contribution in [1.29, 1.82) is 0 Å². The molecule has 0 saturated carbocycles. The van der Waals surface area contributed by atoms with Crippen molar-refractivity contribution in [2.45, 2.75) is 20.0 Å². The van der Waals surface area contributed by atoms with Crippen LogP contribution in [-0.2, 0) is 6.61 Å². The molecule has 0 aliphatic heterocycles. The van der Waals surface area contributed by atoms with Gasteiger partial charge < -0.3 is 10.1 Å². The maximum atomic E-state index is 13.3. The van der Waals surface area contributed by atoms with E-state index in [2.05, 4.69) is 17.2 Å². The molecule has 0 aliphatic rings. The summed E-state index contributed by atoms with van der Waals surface area (Å²) in [4.78, 5) is 4.21. The molecule has 0 fully saturated rings. The zero-order chi connectivity index (χ0) is 14.4. The van der Waals surface area contributed by atoms with Gasteiger partial charge in [0.25, 0.3) is 0 Å². The molecule has 0 amide bonds. The number of aromatic nitrogens is 1. The minimum atomic E-state index is -0.482. The summed E-state index contributed by atoms with van der Waals surface area (Å²) >= 11 is 5.62. The highest BCUT2D eigenvalue weighted by Gasteiger charge is 2.03. The monoisotopic (exact) mass is 294 g/mol. The van der Waals surface area contributed by atoms with Crippen molar-refractivity contribution in [1.82, 2.24) is 4.98 Å². The van der Waals surface area contributed by atoms with Crippen LogP contribution in [0.15, 0.2) is 36.5 Å². The average Bonchev–Trinajstić information content (AvgIpc) is 2.47. The van der Waals surface area contributed by atoms with Crippen LogP contribution in [0.2, 0.25) is 5.02 Å². The summed E-state index contributed by atoms with van der Waals surface area (Å²) in [7, 11) is 0. The van der Waals surface area contributed by atoms with Crippen molar-refractivity contribution in [2.24, 2.45) is 0 Å². The Bertz CT molecular complexity index is 578. The molecule has 0 atom stereocenters. The van der Waals surface area contributed by atoms with E-state index in [1.165, 1.54) is 12.1 Å². The maximum Gasteiger partial charge on any atom is 0.145 e. The molecule has 1 aromatic carbocycles. The lowest BCUT2D eigenvalue weighted by molar-refractivity contribution is 0.304. The molecular weight excluding hydrogens is 279 g/mol. The smallest absolute Gasteiger partial charge is 0.145 e. The number of ether oxygens (including phenoxy) is 1. The van der Waals surface area contributed by atoms with Gasteiger partial charge in [-0.05, 0) is 36.2 Å². The molecule has 0 radical (unpaired) electrons. The lowest BCUT2D eigenvalue weighted by Crippen LogP contribution is -2.03. The Morgan fingerprint density at radius 2 is 2.15 bits per heavy atom. The van der Waals surface area contributed by atoms with Crippen LogP contribution in [0.5, 0.6) is 5.75 Å². The summed E-state index contributed by atoms with van der Waals surface area (Å²) < 4.78 is 18.8. The molecule has 1 heterocycles. The molecule has 1 N–H and O–H groups in total. The number of nitrogens with zero attached hydrogens (tertiary/aromatic N) is 1. The van der Waals surface area contributed by atoms with Crippen LogP contribution in [0.1, 0.15) is 18.9 Å². The normalized spacial score (nSPS) is 10.3. The first-order valence-electron chi connectivity index (χ1n) is 6.45.